The molecule has 0 radical (unpaired) electrons. The van der Waals surface area contributed by atoms with Crippen molar-refractivity contribution >= 4 is 40.9 Å². The van der Waals surface area contributed by atoms with Crippen molar-refractivity contribution < 1.29 is 19.1 Å². The summed E-state index contributed by atoms with van der Waals surface area (Å²) in [6.07, 6.45) is 1.27. The molecule has 24 heavy (non-hydrogen) atoms. The summed E-state index contributed by atoms with van der Waals surface area (Å²) in [5.74, 6) is 1.29. The lowest BCUT2D eigenvalue weighted by molar-refractivity contribution is -0.135. The lowest BCUT2D eigenvalue weighted by atomic mass is 10.2. The van der Waals surface area contributed by atoms with Crippen molar-refractivity contribution in [2.75, 3.05) is 25.3 Å². The van der Waals surface area contributed by atoms with Crippen LogP contribution in [0.2, 0.25) is 5.02 Å². The molecule has 2 unspecified atom stereocenters. The first-order chi connectivity index (χ1) is 11.4. The van der Waals surface area contributed by atoms with E-state index in [1.54, 1.807) is 28.8 Å². The SMILES string of the molecule is COc1cc(OC)c(NC(=O)C2CSC3(C)CCC(=O)N23)cc1Cl. The van der Waals surface area contributed by atoms with Gasteiger partial charge in [-0.05, 0) is 19.4 Å². The number of benzene rings is 1. The molecule has 3 rings (SSSR count). The molecule has 2 atom stereocenters. The van der Waals surface area contributed by atoms with Crippen molar-refractivity contribution in [3.8, 4) is 11.5 Å². The largest absolute Gasteiger partial charge is 0.495 e. The fourth-order valence-corrected chi connectivity index (χ4v) is 4.86. The van der Waals surface area contributed by atoms with Crippen LogP contribution in [0, 0.1) is 0 Å². The van der Waals surface area contributed by atoms with Crippen LogP contribution < -0.4 is 14.8 Å². The van der Waals surface area contributed by atoms with E-state index in [0.717, 1.165) is 6.42 Å². The number of nitrogens with zero attached hydrogens (tertiary/aromatic N) is 1. The highest BCUT2D eigenvalue weighted by Crippen LogP contribution is 2.47. The van der Waals surface area contributed by atoms with E-state index in [-0.39, 0.29) is 16.7 Å². The van der Waals surface area contributed by atoms with Gasteiger partial charge in [-0.15, -0.1) is 11.8 Å². The van der Waals surface area contributed by atoms with Crippen LogP contribution in [0.15, 0.2) is 12.1 Å². The van der Waals surface area contributed by atoms with Crippen molar-refractivity contribution in [3.05, 3.63) is 17.2 Å². The number of carbonyl (C=O) groups excluding carboxylic acids is 2. The van der Waals surface area contributed by atoms with E-state index in [1.807, 2.05) is 6.92 Å². The number of thioether (sulfide) groups is 1. The number of hydrogen-bond donors (Lipinski definition) is 1. The molecule has 1 aromatic rings. The first-order valence-corrected chi connectivity index (χ1v) is 8.94. The second kappa shape index (κ2) is 6.37. The quantitative estimate of drug-likeness (QED) is 0.882. The van der Waals surface area contributed by atoms with Gasteiger partial charge in [-0.25, -0.2) is 0 Å². The van der Waals surface area contributed by atoms with Crippen LogP contribution in [-0.4, -0.2) is 47.6 Å². The van der Waals surface area contributed by atoms with Gasteiger partial charge in [-0.2, -0.15) is 0 Å². The zero-order valence-corrected chi connectivity index (χ0v) is 15.3. The lowest BCUT2D eigenvalue weighted by Gasteiger charge is -2.30. The first-order valence-electron chi connectivity index (χ1n) is 7.58. The van der Waals surface area contributed by atoms with Crippen LogP contribution >= 0.6 is 23.4 Å². The maximum absolute atomic E-state index is 12.7. The lowest BCUT2D eigenvalue weighted by Crippen LogP contribution is -2.48. The summed E-state index contributed by atoms with van der Waals surface area (Å²) >= 11 is 7.79. The smallest absolute Gasteiger partial charge is 0.248 e. The number of ether oxygens (including phenoxy) is 2. The van der Waals surface area contributed by atoms with E-state index >= 15 is 0 Å². The molecule has 130 valence electrons. The highest BCUT2D eigenvalue weighted by atomic mass is 35.5. The van der Waals surface area contributed by atoms with Gasteiger partial charge in [-0.1, -0.05) is 11.6 Å². The second-order valence-corrected chi connectivity index (χ2v) is 7.85. The summed E-state index contributed by atoms with van der Waals surface area (Å²) in [5.41, 5.74) is 0.457. The third-order valence-corrected chi connectivity index (χ3v) is 6.28. The molecular weight excluding hydrogens is 352 g/mol. The van der Waals surface area contributed by atoms with E-state index in [9.17, 15) is 9.59 Å². The molecule has 6 nitrogen and oxygen atoms in total. The Labute approximate surface area is 149 Å². The summed E-state index contributed by atoms with van der Waals surface area (Å²) in [4.78, 5) is 26.3. The van der Waals surface area contributed by atoms with Crippen LogP contribution in [0.1, 0.15) is 19.8 Å². The number of halogens is 1. The Hall–Kier alpha value is -1.60. The van der Waals surface area contributed by atoms with Crippen LogP contribution in [0.4, 0.5) is 5.69 Å². The molecule has 2 heterocycles. The van der Waals surface area contributed by atoms with E-state index in [4.69, 9.17) is 21.1 Å². The zero-order chi connectivity index (χ0) is 17.5. The summed E-state index contributed by atoms with van der Waals surface area (Å²) in [6.45, 7) is 2.01. The molecule has 1 N–H and O–H groups in total. The highest BCUT2D eigenvalue weighted by molar-refractivity contribution is 8.01. The Morgan fingerprint density at radius 1 is 1.38 bits per heavy atom. The molecular formula is C16H19ClN2O4S. The van der Waals surface area contributed by atoms with Crippen LogP contribution in [0.25, 0.3) is 0 Å². The fourth-order valence-electron chi connectivity index (χ4n) is 3.19. The maximum atomic E-state index is 12.7. The number of nitrogens with one attached hydrogen (secondary N) is 1. The third-order valence-electron chi connectivity index (χ3n) is 4.48. The highest BCUT2D eigenvalue weighted by Gasteiger charge is 2.52. The Balaban J connectivity index is 1.83. The Morgan fingerprint density at radius 2 is 2.08 bits per heavy atom. The van der Waals surface area contributed by atoms with Gasteiger partial charge in [0.25, 0.3) is 0 Å². The number of fused-ring (bicyclic) bond motifs is 1. The number of amides is 2. The molecule has 2 fully saturated rings. The molecule has 2 saturated heterocycles. The van der Waals surface area contributed by atoms with Gasteiger partial charge >= 0.3 is 0 Å². The van der Waals surface area contributed by atoms with Gasteiger partial charge in [0.05, 0.1) is 29.8 Å². The monoisotopic (exact) mass is 370 g/mol. The van der Waals surface area contributed by atoms with Crippen LogP contribution in [0.3, 0.4) is 0 Å². The minimum absolute atomic E-state index is 0.0300. The van der Waals surface area contributed by atoms with Gasteiger partial charge in [0.15, 0.2) is 0 Å². The zero-order valence-electron chi connectivity index (χ0n) is 13.7. The number of rotatable bonds is 4. The van der Waals surface area contributed by atoms with Crippen molar-refractivity contribution in [1.29, 1.82) is 0 Å². The summed E-state index contributed by atoms with van der Waals surface area (Å²) in [5, 5.41) is 3.21. The first kappa shape index (κ1) is 17.2. The Morgan fingerprint density at radius 3 is 2.75 bits per heavy atom. The second-order valence-electron chi connectivity index (χ2n) is 5.94. The molecule has 2 aliphatic rings. The topological polar surface area (TPSA) is 67.9 Å². The van der Waals surface area contributed by atoms with E-state index in [0.29, 0.717) is 34.4 Å². The van der Waals surface area contributed by atoms with Gasteiger partial charge in [0.1, 0.15) is 17.5 Å². The van der Waals surface area contributed by atoms with E-state index in [2.05, 4.69) is 5.32 Å². The summed E-state index contributed by atoms with van der Waals surface area (Å²) < 4.78 is 10.4. The fraction of sp³-hybridized carbons (Fsp3) is 0.500. The van der Waals surface area contributed by atoms with Gasteiger partial charge in [0, 0.05) is 18.2 Å². The molecule has 0 spiro atoms. The molecule has 1 aromatic carbocycles. The molecule has 0 bridgehead atoms. The van der Waals surface area contributed by atoms with Crippen molar-refractivity contribution in [3.63, 3.8) is 0 Å². The minimum Gasteiger partial charge on any atom is -0.495 e. The molecule has 2 amide bonds. The van der Waals surface area contributed by atoms with Crippen molar-refractivity contribution in [2.45, 2.75) is 30.7 Å². The number of methoxy groups -OCH3 is 2. The molecule has 0 aromatic heterocycles. The van der Waals surface area contributed by atoms with E-state index in [1.165, 1.54) is 14.2 Å². The third kappa shape index (κ3) is 2.80. The summed E-state index contributed by atoms with van der Waals surface area (Å²) in [7, 11) is 3.01. The van der Waals surface area contributed by atoms with Crippen molar-refractivity contribution in [2.24, 2.45) is 0 Å². The molecule has 0 saturated carbocycles. The van der Waals surface area contributed by atoms with Gasteiger partial charge in [0.2, 0.25) is 11.8 Å². The number of hydrogen-bond acceptors (Lipinski definition) is 5. The standard InChI is InChI=1S/C16H19ClN2O4S/c1-16-5-4-14(20)19(16)11(8-24-16)15(21)18-10-6-9(17)12(22-2)7-13(10)23-3/h6-7,11H,4-5,8H2,1-3H3,(H,18,21). The average molecular weight is 371 g/mol. The van der Waals surface area contributed by atoms with Gasteiger partial charge in [-0.3, -0.25) is 9.59 Å². The molecule has 8 heteroatoms. The average Bonchev–Trinajstić information content (AvgIpc) is 3.04. The van der Waals surface area contributed by atoms with Crippen LogP contribution in [0.5, 0.6) is 11.5 Å². The summed E-state index contributed by atoms with van der Waals surface area (Å²) in [6, 6.07) is 2.72. The maximum Gasteiger partial charge on any atom is 0.248 e. The molecule has 0 aliphatic carbocycles. The number of carbonyl (C=O) groups is 2. The molecule has 2 aliphatic heterocycles. The van der Waals surface area contributed by atoms with Crippen molar-refractivity contribution in [1.82, 2.24) is 4.90 Å². The van der Waals surface area contributed by atoms with Gasteiger partial charge < -0.3 is 19.7 Å². The van der Waals surface area contributed by atoms with E-state index < -0.39 is 6.04 Å². The predicted molar refractivity (Wildman–Crippen MR) is 93.9 cm³/mol. The Bertz CT molecular complexity index is 699. The predicted octanol–water partition coefficient (Wildman–Crippen LogP) is 2.75. The normalized spacial score (nSPS) is 25.6. The minimum atomic E-state index is -0.486. The Kier molecular flexibility index (Phi) is 4.57. The van der Waals surface area contributed by atoms with Crippen LogP contribution in [-0.2, 0) is 9.59 Å². The number of anilines is 1.